The van der Waals surface area contributed by atoms with E-state index in [1.54, 1.807) is 0 Å². The first kappa shape index (κ1) is 14.4. The highest BCUT2D eigenvalue weighted by molar-refractivity contribution is 9.10. The molecule has 0 fully saturated rings. The fourth-order valence-electron chi connectivity index (χ4n) is 2.48. The van der Waals surface area contributed by atoms with Crippen molar-refractivity contribution >= 4 is 26.7 Å². The second-order valence-corrected chi connectivity index (χ2v) is 5.94. The lowest BCUT2D eigenvalue weighted by Gasteiger charge is -2.06. The summed E-state index contributed by atoms with van der Waals surface area (Å²) in [5, 5.41) is 5.77. The number of halogens is 1. The molecular formula is C18H18BrNO. The van der Waals surface area contributed by atoms with Crippen molar-refractivity contribution in [1.82, 2.24) is 5.32 Å². The molecule has 3 aromatic rings. The third-order valence-electron chi connectivity index (χ3n) is 3.52. The number of rotatable bonds is 5. The summed E-state index contributed by atoms with van der Waals surface area (Å²) >= 11 is 3.61. The average Bonchev–Trinajstić information content (AvgIpc) is 2.97. The SMILES string of the molecule is CCCNCc1ccc(-c2ccc(Br)c3ccccc23)o1. The van der Waals surface area contributed by atoms with Crippen LogP contribution in [-0.2, 0) is 6.54 Å². The first-order valence-electron chi connectivity index (χ1n) is 7.26. The van der Waals surface area contributed by atoms with E-state index in [-0.39, 0.29) is 0 Å². The largest absolute Gasteiger partial charge is 0.460 e. The fourth-order valence-corrected chi connectivity index (χ4v) is 2.96. The maximum absolute atomic E-state index is 5.99. The summed E-state index contributed by atoms with van der Waals surface area (Å²) < 4.78 is 7.10. The number of fused-ring (bicyclic) bond motifs is 1. The predicted molar refractivity (Wildman–Crippen MR) is 91.3 cm³/mol. The molecule has 0 spiro atoms. The molecule has 3 rings (SSSR count). The number of hydrogen-bond acceptors (Lipinski definition) is 2. The summed E-state index contributed by atoms with van der Waals surface area (Å²) in [6.07, 6.45) is 1.13. The van der Waals surface area contributed by atoms with E-state index in [2.05, 4.69) is 76.7 Å². The third kappa shape index (κ3) is 3.04. The summed E-state index contributed by atoms with van der Waals surface area (Å²) in [6.45, 7) is 3.95. The molecule has 108 valence electrons. The van der Waals surface area contributed by atoms with Gasteiger partial charge >= 0.3 is 0 Å². The van der Waals surface area contributed by atoms with Crippen LogP contribution in [0.2, 0.25) is 0 Å². The Hall–Kier alpha value is -1.58. The van der Waals surface area contributed by atoms with Gasteiger partial charge in [0.1, 0.15) is 11.5 Å². The summed E-state index contributed by atoms with van der Waals surface area (Å²) in [5.74, 6) is 1.90. The lowest BCUT2D eigenvalue weighted by molar-refractivity contribution is 0.494. The highest BCUT2D eigenvalue weighted by Gasteiger charge is 2.10. The molecule has 0 saturated heterocycles. The summed E-state index contributed by atoms with van der Waals surface area (Å²) in [6, 6.07) is 16.7. The van der Waals surface area contributed by atoms with E-state index < -0.39 is 0 Å². The van der Waals surface area contributed by atoms with Crippen molar-refractivity contribution in [2.75, 3.05) is 6.54 Å². The number of benzene rings is 2. The van der Waals surface area contributed by atoms with Crippen molar-refractivity contribution in [3.63, 3.8) is 0 Å². The minimum atomic E-state index is 0.780. The van der Waals surface area contributed by atoms with Gasteiger partial charge in [-0.2, -0.15) is 0 Å². The zero-order chi connectivity index (χ0) is 14.7. The summed E-state index contributed by atoms with van der Waals surface area (Å²) in [4.78, 5) is 0. The van der Waals surface area contributed by atoms with Gasteiger partial charge in [-0.05, 0) is 48.0 Å². The first-order valence-corrected chi connectivity index (χ1v) is 8.06. The Bertz CT molecular complexity index is 748. The monoisotopic (exact) mass is 343 g/mol. The highest BCUT2D eigenvalue weighted by Crippen LogP contribution is 2.33. The topological polar surface area (TPSA) is 25.2 Å². The molecule has 3 heteroatoms. The molecule has 0 aliphatic carbocycles. The van der Waals surface area contributed by atoms with Crippen molar-refractivity contribution in [1.29, 1.82) is 0 Å². The van der Waals surface area contributed by atoms with Gasteiger partial charge in [0.15, 0.2) is 0 Å². The Balaban J connectivity index is 1.96. The van der Waals surface area contributed by atoms with Crippen LogP contribution in [0.4, 0.5) is 0 Å². The van der Waals surface area contributed by atoms with Crippen molar-refractivity contribution in [2.24, 2.45) is 0 Å². The second-order valence-electron chi connectivity index (χ2n) is 5.08. The lowest BCUT2D eigenvalue weighted by atomic mass is 10.0. The number of hydrogen-bond donors (Lipinski definition) is 1. The van der Waals surface area contributed by atoms with Crippen molar-refractivity contribution in [3.05, 3.63) is 58.8 Å². The van der Waals surface area contributed by atoms with Crippen LogP contribution in [0.1, 0.15) is 19.1 Å². The van der Waals surface area contributed by atoms with Crippen molar-refractivity contribution < 1.29 is 4.42 Å². The molecule has 0 bridgehead atoms. The van der Waals surface area contributed by atoms with Crippen LogP contribution < -0.4 is 5.32 Å². The van der Waals surface area contributed by atoms with Gasteiger partial charge in [-0.3, -0.25) is 0 Å². The minimum Gasteiger partial charge on any atom is -0.460 e. The fraction of sp³-hybridized carbons (Fsp3) is 0.222. The summed E-state index contributed by atoms with van der Waals surface area (Å²) in [5.41, 5.74) is 1.13. The van der Waals surface area contributed by atoms with Gasteiger partial charge in [0.2, 0.25) is 0 Å². The molecule has 0 aliphatic heterocycles. The van der Waals surface area contributed by atoms with Crippen LogP contribution in [0.25, 0.3) is 22.1 Å². The molecule has 0 unspecified atom stereocenters. The van der Waals surface area contributed by atoms with Gasteiger partial charge in [-0.15, -0.1) is 0 Å². The Morgan fingerprint density at radius 1 is 1.00 bits per heavy atom. The molecular weight excluding hydrogens is 326 g/mol. The van der Waals surface area contributed by atoms with E-state index in [1.807, 2.05) is 0 Å². The highest BCUT2D eigenvalue weighted by atomic mass is 79.9. The Labute approximate surface area is 133 Å². The second kappa shape index (κ2) is 6.46. The molecule has 0 aliphatic rings. The standard InChI is InChI=1S/C18H18BrNO/c1-2-11-20-12-13-7-10-18(21-13)16-8-9-17(19)15-6-4-3-5-14(15)16/h3-10,20H,2,11-12H2,1H3. The predicted octanol–water partition coefficient (Wildman–Crippen LogP) is 5.36. The van der Waals surface area contributed by atoms with E-state index in [4.69, 9.17) is 4.42 Å². The van der Waals surface area contributed by atoms with Crippen LogP contribution in [0.15, 0.2) is 57.4 Å². The van der Waals surface area contributed by atoms with Crippen LogP contribution in [0.5, 0.6) is 0 Å². The number of nitrogens with one attached hydrogen (secondary N) is 1. The van der Waals surface area contributed by atoms with Gasteiger partial charge in [0.05, 0.1) is 6.54 Å². The van der Waals surface area contributed by atoms with Crippen LogP contribution in [0, 0.1) is 0 Å². The van der Waals surface area contributed by atoms with E-state index in [9.17, 15) is 0 Å². The van der Waals surface area contributed by atoms with E-state index in [0.717, 1.165) is 41.1 Å². The minimum absolute atomic E-state index is 0.780. The molecule has 0 atom stereocenters. The zero-order valence-electron chi connectivity index (χ0n) is 12.0. The van der Waals surface area contributed by atoms with Gasteiger partial charge in [-0.25, -0.2) is 0 Å². The first-order chi connectivity index (χ1) is 10.3. The van der Waals surface area contributed by atoms with E-state index in [1.165, 1.54) is 10.8 Å². The zero-order valence-corrected chi connectivity index (χ0v) is 13.6. The average molecular weight is 344 g/mol. The van der Waals surface area contributed by atoms with Gasteiger partial charge < -0.3 is 9.73 Å². The molecule has 0 radical (unpaired) electrons. The molecule has 21 heavy (non-hydrogen) atoms. The van der Waals surface area contributed by atoms with Crippen molar-refractivity contribution in [2.45, 2.75) is 19.9 Å². The normalized spacial score (nSPS) is 11.1. The maximum Gasteiger partial charge on any atom is 0.134 e. The van der Waals surface area contributed by atoms with Gasteiger partial charge in [-0.1, -0.05) is 47.1 Å². The molecule has 1 aromatic heterocycles. The molecule has 1 N–H and O–H groups in total. The Morgan fingerprint density at radius 2 is 1.81 bits per heavy atom. The Kier molecular flexibility index (Phi) is 4.42. The summed E-state index contributed by atoms with van der Waals surface area (Å²) in [7, 11) is 0. The van der Waals surface area contributed by atoms with Gasteiger partial charge in [0.25, 0.3) is 0 Å². The molecule has 0 saturated carbocycles. The van der Waals surface area contributed by atoms with E-state index in [0.29, 0.717) is 0 Å². The molecule has 0 amide bonds. The van der Waals surface area contributed by atoms with Crippen LogP contribution in [0.3, 0.4) is 0 Å². The number of furan rings is 1. The maximum atomic E-state index is 5.99. The quantitative estimate of drug-likeness (QED) is 0.630. The molecule has 2 nitrogen and oxygen atoms in total. The van der Waals surface area contributed by atoms with Crippen LogP contribution >= 0.6 is 15.9 Å². The van der Waals surface area contributed by atoms with Gasteiger partial charge in [0, 0.05) is 10.0 Å². The van der Waals surface area contributed by atoms with Crippen molar-refractivity contribution in [3.8, 4) is 11.3 Å². The Morgan fingerprint density at radius 3 is 2.62 bits per heavy atom. The van der Waals surface area contributed by atoms with E-state index >= 15 is 0 Å². The smallest absolute Gasteiger partial charge is 0.134 e. The molecule has 2 aromatic carbocycles. The third-order valence-corrected chi connectivity index (χ3v) is 4.22. The molecule has 1 heterocycles. The van der Waals surface area contributed by atoms with Crippen LogP contribution in [-0.4, -0.2) is 6.54 Å². The lowest BCUT2D eigenvalue weighted by Crippen LogP contribution is -2.12.